The summed E-state index contributed by atoms with van der Waals surface area (Å²) in [6.45, 7) is 11.3. The lowest BCUT2D eigenvalue weighted by atomic mass is 10.00. The molecule has 0 bridgehead atoms. The number of aromatic amines is 2. The highest BCUT2D eigenvalue weighted by Gasteiger charge is 2.29. The summed E-state index contributed by atoms with van der Waals surface area (Å²) in [5.41, 5.74) is 8.40. The number of carbonyl (C=O) groups excluding carboxylic acids is 2. The van der Waals surface area contributed by atoms with Gasteiger partial charge in [0.1, 0.15) is 0 Å². The minimum absolute atomic E-state index is 0.0721. The van der Waals surface area contributed by atoms with Gasteiger partial charge in [-0.3, -0.25) is 19.2 Å². The molecule has 1 fully saturated rings. The summed E-state index contributed by atoms with van der Waals surface area (Å²) in [6.07, 6.45) is 8.45. The van der Waals surface area contributed by atoms with E-state index < -0.39 is 11.9 Å². The van der Waals surface area contributed by atoms with Crippen molar-refractivity contribution in [1.29, 1.82) is 0 Å². The monoisotopic (exact) mass is 586 g/mol. The molecule has 2 amide bonds. The number of aliphatic imine (C=N–C) groups is 1. The topological polar surface area (TPSA) is 165 Å². The largest absolute Gasteiger partial charge is 0.481 e. The summed E-state index contributed by atoms with van der Waals surface area (Å²) in [5, 5.41) is 23.2. The summed E-state index contributed by atoms with van der Waals surface area (Å²) in [7, 11) is 0. The first-order valence-electron chi connectivity index (χ1n) is 14.4. The van der Waals surface area contributed by atoms with Crippen LogP contribution in [-0.4, -0.2) is 49.6 Å². The smallest absolute Gasteiger partial charge is 0.303 e. The summed E-state index contributed by atoms with van der Waals surface area (Å²) >= 11 is 0. The maximum absolute atomic E-state index is 12.3. The Bertz CT molecular complexity index is 1780. The van der Waals surface area contributed by atoms with E-state index in [1.165, 1.54) is 0 Å². The molecule has 226 valence electrons. The molecular weight excluding hydrogens is 548 g/mol. The Hall–Kier alpha value is -4.73. The van der Waals surface area contributed by atoms with Crippen LogP contribution in [0.1, 0.15) is 80.6 Å². The molecule has 0 aliphatic carbocycles. The minimum atomic E-state index is -0.923. The van der Waals surface area contributed by atoms with Gasteiger partial charge >= 0.3 is 11.9 Å². The van der Waals surface area contributed by atoms with Crippen molar-refractivity contribution in [1.82, 2.24) is 15.3 Å². The molecular formula is C33H38N4O6. The highest BCUT2D eigenvalue weighted by atomic mass is 16.4. The molecule has 1 saturated heterocycles. The second-order valence-corrected chi connectivity index (χ2v) is 11.0. The molecule has 0 radical (unpaired) electrons. The van der Waals surface area contributed by atoms with Crippen molar-refractivity contribution < 1.29 is 29.4 Å². The maximum atomic E-state index is 12.3. The number of aromatic nitrogens is 2. The van der Waals surface area contributed by atoms with Crippen LogP contribution in [0, 0.1) is 19.8 Å². The van der Waals surface area contributed by atoms with Crippen molar-refractivity contribution in [2.75, 3.05) is 0 Å². The van der Waals surface area contributed by atoms with E-state index in [2.05, 4.69) is 20.3 Å². The van der Waals surface area contributed by atoms with Crippen molar-refractivity contribution in [3.63, 3.8) is 0 Å². The predicted molar refractivity (Wildman–Crippen MR) is 165 cm³/mol. The predicted octanol–water partition coefficient (Wildman–Crippen LogP) is 3.36. The van der Waals surface area contributed by atoms with Crippen LogP contribution < -0.4 is 16.0 Å². The number of carbonyl (C=O) groups is 4. The van der Waals surface area contributed by atoms with Gasteiger partial charge in [-0.05, 0) is 106 Å². The van der Waals surface area contributed by atoms with Gasteiger partial charge in [0.2, 0.25) is 5.91 Å². The van der Waals surface area contributed by atoms with E-state index in [1.54, 1.807) is 0 Å². The average molecular weight is 587 g/mol. The normalized spacial score (nSPS) is 19.8. The van der Waals surface area contributed by atoms with Crippen molar-refractivity contribution in [3.8, 4) is 0 Å². The van der Waals surface area contributed by atoms with Gasteiger partial charge in [-0.1, -0.05) is 13.0 Å². The highest BCUT2D eigenvalue weighted by Crippen LogP contribution is 2.29. The third-order valence-corrected chi connectivity index (χ3v) is 8.35. The van der Waals surface area contributed by atoms with E-state index in [-0.39, 0.29) is 43.4 Å². The summed E-state index contributed by atoms with van der Waals surface area (Å²) in [4.78, 5) is 58.8. The van der Waals surface area contributed by atoms with E-state index in [4.69, 9.17) is 0 Å². The van der Waals surface area contributed by atoms with Crippen LogP contribution in [0.4, 0.5) is 0 Å². The number of hydrogen-bond donors (Lipinski definition) is 5. The number of H-pyrrole nitrogens is 2. The molecule has 2 aromatic heterocycles. The van der Waals surface area contributed by atoms with E-state index in [0.717, 1.165) is 39.1 Å². The summed E-state index contributed by atoms with van der Waals surface area (Å²) in [6, 6.07) is 0. The Morgan fingerprint density at radius 3 is 2.12 bits per heavy atom. The number of carboxylic acids is 2. The molecule has 10 nitrogen and oxygen atoms in total. The average Bonchev–Trinajstić information content (AvgIpc) is 3.59. The summed E-state index contributed by atoms with van der Waals surface area (Å²) < 4.78 is 0. The molecule has 5 N–H and O–H groups in total. The number of carboxylic acid groups (broad SMARTS) is 2. The minimum Gasteiger partial charge on any atom is -0.481 e. The first kappa shape index (κ1) is 31.2. The molecule has 0 saturated carbocycles. The van der Waals surface area contributed by atoms with Crippen molar-refractivity contribution in [2.24, 2.45) is 10.9 Å². The quantitative estimate of drug-likeness (QED) is 0.286. The molecule has 2 aromatic rings. The van der Waals surface area contributed by atoms with Crippen molar-refractivity contribution in [3.05, 3.63) is 72.8 Å². The number of rotatable bonds is 10. The first-order chi connectivity index (χ1) is 20.4. The molecule has 4 heterocycles. The Balaban J connectivity index is 1.91. The maximum Gasteiger partial charge on any atom is 0.303 e. The van der Waals surface area contributed by atoms with Crippen LogP contribution in [0.5, 0.6) is 0 Å². The fraction of sp³-hybridized carbons (Fsp3) is 0.364. The van der Waals surface area contributed by atoms with Gasteiger partial charge < -0.3 is 25.5 Å². The van der Waals surface area contributed by atoms with Crippen LogP contribution in [0.2, 0.25) is 0 Å². The third kappa shape index (κ3) is 6.38. The number of hydrogen-bond acceptors (Lipinski definition) is 4. The van der Waals surface area contributed by atoms with E-state index in [1.807, 2.05) is 65.8 Å². The number of nitrogens with zero attached hydrogens (tertiary/aromatic N) is 1. The lowest BCUT2D eigenvalue weighted by Gasteiger charge is -2.03. The van der Waals surface area contributed by atoms with Crippen LogP contribution in [-0.2, 0) is 32.0 Å². The fourth-order valence-corrected chi connectivity index (χ4v) is 5.77. The zero-order valence-corrected chi connectivity index (χ0v) is 25.4. The Labute approximate surface area is 249 Å². The molecule has 1 atom stereocenters. The van der Waals surface area contributed by atoms with E-state index >= 15 is 0 Å². The number of amides is 2. The van der Waals surface area contributed by atoms with E-state index in [0.29, 0.717) is 39.8 Å². The lowest BCUT2D eigenvalue weighted by molar-refractivity contribution is -0.138. The number of aliphatic carboxylic acids is 2. The summed E-state index contributed by atoms with van der Waals surface area (Å²) in [5.74, 6) is -2.44. The van der Waals surface area contributed by atoms with Gasteiger partial charge in [-0.15, -0.1) is 0 Å². The number of nitrogens with one attached hydrogen (secondary N) is 3. The molecule has 0 unspecified atom stereocenters. The van der Waals surface area contributed by atoms with E-state index in [9.17, 15) is 29.4 Å². The van der Waals surface area contributed by atoms with Gasteiger partial charge in [0.05, 0.1) is 11.6 Å². The first-order valence-corrected chi connectivity index (χ1v) is 14.4. The second kappa shape index (κ2) is 12.6. The lowest BCUT2D eigenvalue weighted by Crippen LogP contribution is -2.16. The van der Waals surface area contributed by atoms with Crippen molar-refractivity contribution >= 4 is 47.7 Å². The standard InChI is InChI=1S/C33H38N4O6/c1-7-20-19(6)32(42)37-27(20)14-25-18(5)23(10-12-31(40)41)29(35-25)15-28-22(9-11-30(38)39)17(4)24(34-28)13-26-16(3)21(8-2)33(43)36-26/h7,13-15,19,34-35H,8-12H2,1-6H3,(H,37,42)(H,38,39)(H,40,41)/b20-7?,24-13?,27-14-,28-15-/t19-/m0/s1. The van der Waals surface area contributed by atoms with Crippen LogP contribution >= 0.6 is 0 Å². The Kier molecular flexibility index (Phi) is 9.18. The van der Waals surface area contributed by atoms with Gasteiger partial charge in [0.25, 0.3) is 5.91 Å². The fourth-order valence-electron chi connectivity index (χ4n) is 5.77. The van der Waals surface area contributed by atoms with Crippen LogP contribution in [0.3, 0.4) is 0 Å². The van der Waals surface area contributed by atoms with Gasteiger partial charge in [-0.25, -0.2) is 4.99 Å². The highest BCUT2D eigenvalue weighted by molar-refractivity contribution is 6.30. The molecule has 0 aromatic carbocycles. The van der Waals surface area contributed by atoms with Gasteiger partial charge in [-0.2, -0.15) is 0 Å². The van der Waals surface area contributed by atoms with Gasteiger partial charge in [0, 0.05) is 46.2 Å². The molecule has 2 aliphatic heterocycles. The second-order valence-electron chi connectivity index (χ2n) is 11.0. The zero-order chi connectivity index (χ0) is 31.6. The molecule has 43 heavy (non-hydrogen) atoms. The Morgan fingerprint density at radius 2 is 1.53 bits per heavy atom. The SMILES string of the molecule is CC=C1/C(=C/c2[nH]c(/C=c3\[nH]c(=CC4=NC(=O)C(CC)=C4C)c(C)c3CCC(=O)O)c(CCC(=O)O)c2C)NC(=O)[C@H]1C. The third-order valence-electron chi connectivity index (χ3n) is 8.35. The van der Waals surface area contributed by atoms with Gasteiger partial charge in [0.15, 0.2) is 0 Å². The van der Waals surface area contributed by atoms with Crippen LogP contribution in [0.15, 0.2) is 33.5 Å². The molecule has 4 rings (SSSR count). The molecule has 2 aliphatic rings. The van der Waals surface area contributed by atoms with Crippen molar-refractivity contribution in [2.45, 2.75) is 73.6 Å². The Morgan fingerprint density at radius 1 is 0.884 bits per heavy atom. The molecule has 0 spiro atoms. The molecule has 10 heteroatoms. The zero-order valence-electron chi connectivity index (χ0n) is 25.4. The van der Waals surface area contributed by atoms with Crippen LogP contribution in [0.25, 0.3) is 18.2 Å². The number of allylic oxidation sites excluding steroid dienone is 3.